The largest absolute Gasteiger partial charge is 0.377 e. The zero-order chi connectivity index (χ0) is 12.3. The minimum absolute atomic E-state index is 0.101. The Bertz CT molecular complexity index is 395. The summed E-state index contributed by atoms with van der Waals surface area (Å²) in [4.78, 5) is 15.0. The Morgan fingerprint density at radius 2 is 2.59 bits per heavy atom. The summed E-state index contributed by atoms with van der Waals surface area (Å²) in [7, 11) is 1.89. The molecule has 1 fully saturated rings. The molecule has 1 amide bonds. The minimum atomic E-state index is 0.101. The number of rotatable bonds is 3. The maximum Gasteiger partial charge on any atom is 0.264 e. The summed E-state index contributed by atoms with van der Waals surface area (Å²) in [5.74, 6) is 0.101. The van der Waals surface area contributed by atoms with Gasteiger partial charge in [0, 0.05) is 22.9 Å². The first kappa shape index (κ1) is 13.0. The standard InChI is InChI=1S/C11H15BrN2O2S/c1-13-5-9-6-16-3-2-14(9)11(15)10-4-8(12)7-17-10/h4,7,9,13H,2-3,5-6H2,1H3. The van der Waals surface area contributed by atoms with E-state index in [1.807, 2.05) is 23.4 Å². The van der Waals surface area contributed by atoms with Crippen LogP contribution >= 0.6 is 27.3 Å². The first-order chi connectivity index (χ1) is 8.22. The molecule has 1 saturated heterocycles. The maximum absolute atomic E-state index is 12.3. The molecule has 94 valence electrons. The van der Waals surface area contributed by atoms with Gasteiger partial charge in [0.2, 0.25) is 0 Å². The third kappa shape index (κ3) is 3.07. The highest BCUT2D eigenvalue weighted by molar-refractivity contribution is 9.10. The number of likely N-dealkylation sites (N-methyl/N-ethyl adjacent to an activating group) is 1. The van der Waals surface area contributed by atoms with Gasteiger partial charge in [-0.25, -0.2) is 0 Å². The molecule has 1 unspecified atom stereocenters. The van der Waals surface area contributed by atoms with Crippen molar-refractivity contribution in [1.82, 2.24) is 10.2 Å². The lowest BCUT2D eigenvalue weighted by molar-refractivity contribution is -0.000712. The minimum Gasteiger partial charge on any atom is -0.377 e. The molecule has 0 spiro atoms. The van der Waals surface area contributed by atoms with E-state index in [9.17, 15) is 4.79 Å². The Hall–Kier alpha value is -0.430. The van der Waals surface area contributed by atoms with Crippen LogP contribution < -0.4 is 5.32 Å². The smallest absolute Gasteiger partial charge is 0.264 e. The summed E-state index contributed by atoms with van der Waals surface area (Å²) in [6.07, 6.45) is 0. The molecule has 0 saturated carbocycles. The second kappa shape index (κ2) is 5.95. The van der Waals surface area contributed by atoms with Crippen molar-refractivity contribution in [2.24, 2.45) is 0 Å². The molecule has 0 aliphatic carbocycles. The van der Waals surface area contributed by atoms with Crippen molar-refractivity contribution < 1.29 is 9.53 Å². The number of carbonyl (C=O) groups excluding carboxylic acids is 1. The van der Waals surface area contributed by atoms with Crippen LogP contribution in [0.3, 0.4) is 0 Å². The summed E-state index contributed by atoms with van der Waals surface area (Å²) < 4.78 is 6.38. The molecule has 1 aromatic rings. The fraction of sp³-hybridized carbons (Fsp3) is 0.545. The number of thiophene rings is 1. The van der Waals surface area contributed by atoms with Crippen molar-refractivity contribution in [3.05, 3.63) is 20.8 Å². The topological polar surface area (TPSA) is 41.6 Å². The van der Waals surface area contributed by atoms with Crippen molar-refractivity contribution in [1.29, 1.82) is 0 Å². The fourth-order valence-corrected chi connectivity index (χ4v) is 3.28. The molecule has 0 aromatic carbocycles. The van der Waals surface area contributed by atoms with E-state index >= 15 is 0 Å². The molecule has 1 aliphatic rings. The van der Waals surface area contributed by atoms with Gasteiger partial charge in [0.25, 0.3) is 5.91 Å². The van der Waals surface area contributed by atoms with E-state index in [1.54, 1.807) is 0 Å². The van der Waals surface area contributed by atoms with E-state index in [1.165, 1.54) is 11.3 Å². The van der Waals surface area contributed by atoms with E-state index in [4.69, 9.17) is 4.74 Å². The van der Waals surface area contributed by atoms with Crippen LogP contribution in [0.25, 0.3) is 0 Å². The molecule has 2 rings (SSSR count). The monoisotopic (exact) mass is 318 g/mol. The third-order valence-corrected chi connectivity index (χ3v) is 4.39. The van der Waals surface area contributed by atoms with E-state index in [0.29, 0.717) is 19.8 Å². The van der Waals surface area contributed by atoms with Gasteiger partial charge in [-0.2, -0.15) is 0 Å². The zero-order valence-electron chi connectivity index (χ0n) is 9.61. The highest BCUT2D eigenvalue weighted by atomic mass is 79.9. The Kier molecular flexibility index (Phi) is 4.55. The van der Waals surface area contributed by atoms with E-state index < -0.39 is 0 Å². The van der Waals surface area contributed by atoms with Crippen LogP contribution in [-0.2, 0) is 4.74 Å². The summed E-state index contributed by atoms with van der Waals surface area (Å²) in [5, 5.41) is 5.03. The average Bonchev–Trinajstić information content (AvgIpc) is 2.76. The first-order valence-electron chi connectivity index (χ1n) is 5.49. The number of nitrogens with zero attached hydrogens (tertiary/aromatic N) is 1. The summed E-state index contributed by atoms with van der Waals surface area (Å²) in [6, 6.07) is 2.00. The number of ether oxygens (including phenoxy) is 1. The number of hydrogen-bond acceptors (Lipinski definition) is 4. The molecular weight excluding hydrogens is 304 g/mol. The first-order valence-corrected chi connectivity index (χ1v) is 7.17. The maximum atomic E-state index is 12.3. The van der Waals surface area contributed by atoms with Gasteiger partial charge in [0.1, 0.15) is 0 Å². The normalized spacial score (nSPS) is 20.6. The van der Waals surface area contributed by atoms with Gasteiger partial charge >= 0.3 is 0 Å². The van der Waals surface area contributed by atoms with Crippen molar-refractivity contribution in [2.45, 2.75) is 6.04 Å². The van der Waals surface area contributed by atoms with Crippen molar-refractivity contribution in [3.8, 4) is 0 Å². The SMILES string of the molecule is CNCC1COCCN1C(=O)c1cc(Br)cs1. The number of halogens is 1. The second-order valence-corrected chi connectivity index (χ2v) is 5.74. The molecular formula is C11H15BrN2O2S. The Morgan fingerprint density at radius 3 is 3.24 bits per heavy atom. The summed E-state index contributed by atoms with van der Waals surface area (Å²) in [6.45, 7) is 2.66. The van der Waals surface area contributed by atoms with Gasteiger partial charge in [0.15, 0.2) is 0 Å². The third-order valence-electron chi connectivity index (χ3n) is 2.71. The molecule has 2 heterocycles. The predicted molar refractivity (Wildman–Crippen MR) is 71.6 cm³/mol. The Morgan fingerprint density at radius 1 is 1.76 bits per heavy atom. The molecule has 0 bridgehead atoms. The van der Waals surface area contributed by atoms with Crippen molar-refractivity contribution in [2.75, 3.05) is 33.4 Å². The van der Waals surface area contributed by atoms with Crippen LogP contribution in [0.4, 0.5) is 0 Å². The molecule has 4 nitrogen and oxygen atoms in total. The average molecular weight is 319 g/mol. The zero-order valence-corrected chi connectivity index (χ0v) is 12.0. The van der Waals surface area contributed by atoms with Crippen molar-refractivity contribution >= 4 is 33.2 Å². The molecule has 0 radical (unpaired) electrons. The van der Waals surface area contributed by atoms with Crippen LogP contribution in [0.1, 0.15) is 9.67 Å². The lowest BCUT2D eigenvalue weighted by Crippen LogP contribution is -2.52. The van der Waals surface area contributed by atoms with Gasteiger partial charge in [-0.1, -0.05) is 0 Å². The molecule has 1 atom stereocenters. The molecule has 1 N–H and O–H groups in total. The predicted octanol–water partition coefficient (Wildman–Crippen LogP) is 1.57. The van der Waals surface area contributed by atoms with E-state index in [2.05, 4.69) is 21.2 Å². The molecule has 1 aromatic heterocycles. The van der Waals surface area contributed by atoms with E-state index in [0.717, 1.165) is 15.9 Å². The fourth-order valence-electron chi connectivity index (χ4n) is 1.89. The Balaban J connectivity index is 2.10. The van der Waals surface area contributed by atoms with Gasteiger partial charge in [-0.3, -0.25) is 4.79 Å². The van der Waals surface area contributed by atoms with E-state index in [-0.39, 0.29) is 11.9 Å². The van der Waals surface area contributed by atoms with Crippen LogP contribution in [0.2, 0.25) is 0 Å². The van der Waals surface area contributed by atoms with Crippen LogP contribution in [0.5, 0.6) is 0 Å². The highest BCUT2D eigenvalue weighted by Crippen LogP contribution is 2.22. The second-order valence-electron chi connectivity index (χ2n) is 3.91. The number of nitrogens with one attached hydrogen (secondary N) is 1. The number of amides is 1. The van der Waals surface area contributed by atoms with Gasteiger partial charge < -0.3 is 15.0 Å². The molecule has 6 heteroatoms. The van der Waals surface area contributed by atoms with Crippen LogP contribution in [-0.4, -0.2) is 50.2 Å². The highest BCUT2D eigenvalue weighted by Gasteiger charge is 2.28. The number of hydrogen-bond donors (Lipinski definition) is 1. The number of morpholine rings is 1. The molecule has 1 aliphatic heterocycles. The van der Waals surface area contributed by atoms with Gasteiger partial charge in [-0.05, 0) is 29.0 Å². The van der Waals surface area contributed by atoms with Gasteiger partial charge in [0.05, 0.1) is 24.1 Å². The quantitative estimate of drug-likeness (QED) is 0.920. The lowest BCUT2D eigenvalue weighted by Gasteiger charge is -2.35. The van der Waals surface area contributed by atoms with Crippen molar-refractivity contribution in [3.63, 3.8) is 0 Å². The number of carbonyl (C=O) groups is 1. The molecule has 17 heavy (non-hydrogen) atoms. The van der Waals surface area contributed by atoms with Crippen LogP contribution in [0, 0.1) is 0 Å². The summed E-state index contributed by atoms with van der Waals surface area (Å²) >= 11 is 4.85. The summed E-state index contributed by atoms with van der Waals surface area (Å²) in [5.41, 5.74) is 0. The lowest BCUT2D eigenvalue weighted by atomic mass is 10.2. The van der Waals surface area contributed by atoms with Gasteiger partial charge in [-0.15, -0.1) is 11.3 Å². The Labute approximate surface area is 113 Å². The van der Waals surface area contributed by atoms with Crippen LogP contribution in [0.15, 0.2) is 15.9 Å².